The van der Waals surface area contributed by atoms with Gasteiger partial charge in [0, 0.05) is 6.54 Å². The van der Waals surface area contributed by atoms with Crippen LogP contribution >= 0.6 is 11.6 Å². The third-order valence-electron chi connectivity index (χ3n) is 3.32. The highest BCUT2D eigenvalue weighted by molar-refractivity contribution is 6.30. The van der Waals surface area contributed by atoms with Gasteiger partial charge in [-0.05, 0) is 45.2 Å². The quantitative estimate of drug-likeness (QED) is 0.650. The first kappa shape index (κ1) is 17.8. The lowest BCUT2D eigenvalue weighted by Crippen LogP contribution is -2.36. The molecular weight excluding hydrogens is 333 g/mol. The number of hydrogen-bond donors (Lipinski definition) is 0. The van der Waals surface area contributed by atoms with Crippen LogP contribution in [0, 0.1) is 0 Å². The highest BCUT2D eigenvalue weighted by Gasteiger charge is 2.35. The molecule has 8 heteroatoms. The van der Waals surface area contributed by atoms with Gasteiger partial charge < -0.3 is 9.64 Å². The van der Waals surface area contributed by atoms with Gasteiger partial charge in [0.05, 0.1) is 17.8 Å². The molecule has 2 rings (SSSR count). The Morgan fingerprint density at radius 2 is 2.00 bits per heavy atom. The number of pyridine rings is 1. The Labute approximate surface area is 137 Å². The minimum Gasteiger partial charge on any atom is -0.444 e. The van der Waals surface area contributed by atoms with Gasteiger partial charge in [-0.2, -0.15) is 13.2 Å². The van der Waals surface area contributed by atoms with Crippen LogP contribution in [-0.2, 0) is 23.9 Å². The van der Waals surface area contributed by atoms with Crippen molar-refractivity contribution in [1.29, 1.82) is 0 Å². The maximum atomic E-state index is 12.9. The van der Waals surface area contributed by atoms with Crippen molar-refractivity contribution in [2.24, 2.45) is 0 Å². The van der Waals surface area contributed by atoms with E-state index in [0.29, 0.717) is 30.6 Å². The number of aromatic nitrogens is 1. The van der Waals surface area contributed by atoms with E-state index in [-0.39, 0.29) is 6.54 Å². The Bertz CT molecular complexity index is 612. The molecule has 4 nitrogen and oxygen atoms in total. The predicted molar refractivity (Wildman–Crippen MR) is 79.2 cm³/mol. The zero-order valence-electron chi connectivity index (χ0n) is 13.1. The Hall–Kier alpha value is -1.50. The molecule has 0 atom stereocenters. The van der Waals surface area contributed by atoms with Crippen molar-refractivity contribution < 1.29 is 22.7 Å². The highest BCUT2D eigenvalue weighted by Crippen LogP contribution is 2.35. The third-order valence-corrected chi connectivity index (χ3v) is 3.60. The van der Waals surface area contributed by atoms with Gasteiger partial charge in [0.1, 0.15) is 10.8 Å². The smallest absolute Gasteiger partial charge is 0.419 e. The molecule has 0 saturated carbocycles. The van der Waals surface area contributed by atoms with Gasteiger partial charge in [-0.3, -0.25) is 0 Å². The number of fused-ring (bicyclic) bond motifs is 1. The summed E-state index contributed by atoms with van der Waals surface area (Å²) in [5, 5.41) is -0.595. The lowest BCUT2D eigenvalue weighted by molar-refractivity contribution is -0.137. The molecule has 0 radical (unpaired) electrons. The second kappa shape index (κ2) is 6.19. The first-order chi connectivity index (χ1) is 10.5. The summed E-state index contributed by atoms with van der Waals surface area (Å²) in [6.07, 6.45) is -4.12. The lowest BCUT2D eigenvalue weighted by Gasteiger charge is -2.26. The van der Waals surface area contributed by atoms with Crippen LogP contribution in [0.2, 0.25) is 5.15 Å². The molecule has 0 spiro atoms. The Morgan fingerprint density at radius 3 is 2.57 bits per heavy atom. The van der Waals surface area contributed by atoms with E-state index >= 15 is 0 Å². The average Bonchev–Trinajstić information content (AvgIpc) is 2.56. The fraction of sp³-hybridized carbons (Fsp3) is 0.600. The average molecular weight is 351 g/mol. The van der Waals surface area contributed by atoms with Crippen molar-refractivity contribution in [1.82, 2.24) is 9.88 Å². The fourth-order valence-corrected chi connectivity index (χ4v) is 2.59. The summed E-state index contributed by atoms with van der Waals surface area (Å²) in [5.41, 5.74) is -0.736. The van der Waals surface area contributed by atoms with Gasteiger partial charge in [-0.15, -0.1) is 0 Å². The standard InChI is InChI=1S/C15H18ClF3N2O2/c1-14(2,3)23-13(22)21-6-4-5-9-7-10(15(17,18)19)12(16)20-11(9)8-21/h7H,4-6,8H2,1-3H3. The van der Waals surface area contributed by atoms with Crippen LogP contribution in [0.5, 0.6) is 0 Å². The highest BCUT2D eigenvalue weighted by atomic mass is 35.5. The summed E-state index contributed by atoms with van der Waals surface area (Å²) < 4.78 is 44.0. The molecular formula is C15H18ClF3N2O2. The van der Waals surface area contributed by atoms with Crippen LogP contribution in [-0.4, -0.2) is 28.1 Å². The van der Waals surface area contributed by atoms with Gasteiger partial charge >= 0.3 is 12.3 Å². The number of amides is 1. The molecule has 1 aromatic rings. The Balaban J connectivity index is 2.28. The number of carbonyl (C=O) groups is 1. The summed E-state index contributed by atoms with van der Waals surface area (Å²) in [6.45, 7) is 5.73. The van der Waals surface area contributed by atoms with E-state index in [9.17, 15) is 18.0 Å². The number of carbonyl (C=O) groups excluding carboxylic acids is 1. The molecule has 0 aliphatic carbocycles. The number of alkyl halides is 3. The van der Waals surface area contributed by atoms with Crippen LogP contribution in [0.1, 0.15) is 44.0 Å². The summed E-state index contributed by atoms with van der Waals surface area (Å²) in [4.78, 5) is 17.5. The van der Waals surface area contributed by atoms with Gasteiger partial charge in [0.25, 0.3) is 0 Å². The van der Waals surface area contributed by atoms with E-state index in [1.54, 1.807) is 20.8 Å². The number of halogens is 4. The van der Waals surface area contributed by atoms with Gasteiger partial charge in [-0.25, -0.2) is 9.78 Å². The van der Waals surface area contributed by atoms with Crippen molar-refractivity contribution in [3.63, 3.8) is 0 Å². The molecule has 0 unspecified atom stereocenters. The van der Waals surface area contributed by atoms with Gasteiger partial charge in [0.2, 0.25) is 0 Å². The van der Waals surface area contributed by atoms with Crippen molar-refractivity contribution >= 4 is 17.7 Å². The summed E-state index contributed by atoms with van der Waals surface area (Å²) in [7, 11) is 0. The number of hydrogen-bond acceptors (Lipinski definition) is 3. The minimum atomic E-state index is -4.55. The molecule has 1 aliphatic heterocycles. The van der Waals surface area contributed by atoms with Crippen LogP contribution in [0.15, 0.2) is 6.07 Å². The molecule has 2 heterocycles. The minimum absolute atomic E-state index is 0.0854. The first-order valence-corrected chi connectivity index (χ1v) is 7.58. The predicted octanol–water partition coefficient (Wildman–Crippen LogP) is 4.44. The molecule has 0 bridgehead atoms. The Kier molecular flexibility index (Phi) is 4.80. The number of aryl methyl sites for hydroxylation is 1. The van der Waals surface area contributed by atoms with E-state index in [1.165, 1.54) is 4.90 Å². The summed E-state index contributed by atoms with van der Waals surface area (Å²) >= 11 is 5.67. The van der Waals surface area contributed by atoms with Crippen molar-refractivity contribution in [2.45, 2.75) is 51.9 Å². The monoisotopic (exact) mass is 350 g/mol. The van der Waals surface area contributed by atoms with Crippen LogP contribution in [0.3, 0.4) is 0 Å². The zero-order valence-corrected chi connectivity index (χ0v) is 13.9. The molecule has 0 saturated heterocycles. The molecule has 0 aromatic carbocycles. The molecule has 0 fully saturated rings. The Morgan fingerprint density at radius 1 is 1.35 bits per heavy atom. The molecule has 1 aromatic heterocycles. The summed E-state index contributed by atoms with van der Waals surface area (Å²) in [6, 6.07) is 1.03. The maximum absolute atomic E-state index is 12.9. The molecule has 128 valence electrons. The molecule has 23 heavy (non-hydrogen) atoms. The number of rotatable bonds is 0. The number of nitrogens with zero attached hydrogens (tertiary/aromatic N) is 2. The van der Waals surface area contributed by atoms with E-state index in [0.717, 1.165) is 6.07 Å². The van der Waals surface area contributed by atoms with Gasteiger partial charge in [-0.1, -0.05) is 11.6 Å². The zero-order chi connectivity index (χ0) is 17.4. The second-order valence-corrected chi connectivity index (χ2v) is 6.79. The van der Waals surface area contributed by atoms with E-state index in [2.05, 4.69) is 4.98 Å². The van der Waals surface area contributed by atoms with Crippen LogP contribution < -0.4 is 0 Å². The van der Waals surface area contributed by atoms with Crippen LogP contribution in [0.4, 0.5) is 18.0 Å². The molecule has 0 N–H and O–H groups in total. The van der Waals surface area contributed by atoms with Crippen molar-refractivity contribution in [2.75, 3.05) is 6.54 Å². The van der Waals surface area contributed by atoms with Gasteiger partial charge in [0.15, 0.2) is 0 Å². The molecule has 1 amide bonds. The largest absolute Gasteiger partial charge is 0.444 e. The SMILES string of the molecule is CC(C)(C)OC(=O)N1CCCc2cc(C(F)(F)F)c(Cl)nc2C1. The topological polar surface area (TPSA) is 42.4 Å². The van der Waals surface area contributed by atoms with E-state index < -0.39 is 28.6 Å². The lowest BCUT2D eigenvalue weighted by atomic mass is 10.1. The number of ether oxygens (including phenoxy) is 1. The summed E-state index contributed by atoms with van der Waals surface area (Å²) in [5.74, 6) is 0. The molecule has 1 aliphatic rings. The fourth-order valence-electron chi connectivity index (χ4n) is 2.32. The normalized spacial score (nSPS) is 15.9. The van der Waals surface area contributed by atoms with E-state index in [4.69, 9.17) is 16.3 Å². The first-order valence-electron chi connectivity index (χ1n) is 7.21. The maximum Gasteiger partial charge on any atom is 0.419 e. The van der Waals surface area contributed by atoms with Crippen molar-refractivity contribution in [3.8, 4) is 0 Å². The van der Waals surface area contributed by atoms with Crippen molar-refractivity contribution in [3.05, 3.63) is 28.0 Å². The van der Waals surface area contributed by atoms with Crippen LogP contribution in [0.25, 0.3) is 0 Å². The van der Waals surface area contributed by atoms with E-state index in [1.807, 2.05) is 0 Å². The second-order valence-electron chi connectivity index (χ2n) is 6.44. The third kappa shape index (κ3) is 4.50.